The Morgan fingerprint density at radius 3 is 2.72 bits per heavy atom. The minimum absolute atomic E-state index is 0.626. The molecule has 0 aromatic heterocycles. The molecule has 0 aliphatic rings. The topological polar surface area (TPSA) is 15.3 Å². The number of nitrogens with zero attached hydrogens (tertiary/aromatic N) is 1. The number of halogens is 2. The van der Waals surface area contributed by atoms with Gasteiger partial charge in [0.15, 0.2) is 0 Å². The highest BCUT2D eigenvalue weighted by molar-refractivity contribution is 6.33. The molecular weight excluding hydrogens is 267 g/mol. The van der Waals surface area contributed by atoms with Gasteiger partial charge in [-0.25, -0.2) is 0 Å². The van der Waals surface area contributed by atoms with Crippen molar-refractivity contribution in [2.24, 2.45) is 0 Å². The Kier molecular flexibility index (Phi) is 7.02. The van der Waals surface area contributed by atoms with Crippen molar-refractivity contribution in [3.05, 3.63) is 33.8 Å². The molecule has 1 unspecified atom stereocenters. The maximum Gasteiger partial charge on any atom is 0.0451 e. The largest absolute Gasteiger partial charge is 0.311 e. The number of nitrogens with one attached hydrogen (secondary N) is 1. The smallest absolute Gasteiger partial charge is 0.0451 e. The maximum atomic E-state index is 6.10. The van der Waals surface area contributed by atoms with Crippen LogP contribution in [0.4, 0.5) is 0 Å². The summed E-state index contributed by atoms with van der Waals surface area (Å²) in [4.78, 5) is 2.35. The van der Waals surface area contributed by atoms with Crippen molar-refractivity contribution in [3.63, 3.8) is 0 Å². The summed E-state index contributed by atoms with van der Waals surface area (Å²) >= 11 is 12.0. The van der Waals surface area contributed by atoms with Crippen LogP contribution in [0.15, 0.2) is 18.2 Å². The summed E-state index contributed by atoms with van der Waals surface area (Å²) in [5.74, 6) is 0. The molecule has 1 atom stereocenters. The van der Waals surface area contributed by atoms with Gasteiger partial charge in [-0.3, -0.25) is 0 Å². The van der Waals surface area contributed by atoms with E-state index >= 15 is 0 Å². The molecule has 0 saturated heterocycles. The van der Waals surface area contributed by atoms with E-state index in [0.29, 0.717) is 6.04 Å². The summed E-state index contributed by atoms with van der Waals surface area (Å²) in [6.45, 7) is 7.19. The van der Waals surface area contributed by atoms with Gasteiger partial charge >= 0.3 is 0 Å². The molecular formula is C14H22Cl2N2. The fraction of sp³-hybridized carbons (Fsp3) is 0.571. The fourth-order valence-corrected chi connectivity index (χ4v) is 2.07. The molecule has 102 valence electrons. The molecule has 0 fully saturated rings. The van der Waals surface area contributed by atoms with Gasteiger partial charge in [0.2, 0.25) is 0 Å². The van der Waals surface area contributed by atoms with Crippen LogP contribution in [0.3, 0.4) is 0 Å². The highest BCUT2D eigenvalue weighted by Gasteiger charge is 2.06. The van der Waals surface area contributed by atoms with Gasteiger partial charge in [-0.15, -0.1) is 0 Å². The predicted octanol–water partition coefficient (Wildman–Crippen LogP) is 3.81. The first-order chi connectivity index (χ1) is 8.54. The van der Waals surface area contributed by atoms with Crippen LogP contribution >= 0.6 is 23.2 Å². The van der Waals surface area contributed by atoms with Crippen LogP contribution in [0.2, 0.25) is 10.0 Å². The maximum absolute atomic E-state index is 6.10. The molecule has 0 radical (unpaired) electrons. The van der Waals surface area contributed by atoms with Crippen LogP contribution in [0, 0.1) is 0 Å². The second-order valence-corrected chi connectivity index (χ2v) is 5.49. The van der Waals surface area contributed by atoms with E-state index < -0.39 is 0 Å². The van der Waals surface area contributed by atoms with Crippen molar-refractivity contribution in [2.45, 2.75) is 32.9 Å². The SMILES string of the molecule is CCC(C)N(C)CCNCc1cc(Cl)ccc1Cl. The number of benzene rings is 1. The van der Waals surface area contributed by atoms with Gasteiger partial charge in [-0.05, 0) is 44.2 Å². The Labute approximate surface area is 120 Å². The molecule has 4 heteroatoms. The zero-order valence-electron chi connectivity index (χ0n) is 11.3. The molecule has 0 saturated carbocycles. The van der Waals surface area contributed by atoms with Crippen molar-refractivity contribution in [1.29, 1.82) is 0 Å². The van der Waals surface area contributed by atoms with E-state index in [4.69, 9.17) is 23.2 Å². The van der Waals surface area contributed by atoms with Crippen LogP contribution in [-0.2, 0) is 6.54 Å². The Hall–Kier alpha value is -0.280. The lowest BCUT2D eigenvalue weighted by Gasteiger charge is -2.23. The van der Waals surface area contributed by atoms with Gasteiger partial charge in [0, 0.05) is 35.7 Å². The Bertz CT molecular complexity index is 369. The summed E-state index contributed by atoms with van der Waals surface area (Å²) < 4.78 is 0. The molecule has 2 nitrogen and oxygen atoms in total. The van der Waals surface area contributed by atoms with E-state index in [1.54, 1.807) is 0 Å². The van der Waals surface area contributed by atoms with E-state index in [2.05, 4.69) is 31.1 Å². The summed E-state index contributed by atoms with van der Waals surface area (Å²) in [6, 6.07) is 6.19. The monoisotopic (exact) mass is 288 g/mol. The highest BCUT2D eigenvalue weighted by atomic mass is 35.5. The zero-order valence-corrected chi connectivity index (χ0v) is 12.9. The molecule has 18 heavy (non-hydrogen) atoms. The lowest BCUT2D eigenvalue weighted by molar-refractivity contribution is 0.252. The molecule has 1 aromatic carbocycles. The zero-order chi connectivity index (χ0) is 13.5. The normalized spacial score (nSPS) is 13.0. The molecule has 1 rings (SSSR count). The molecule has 0 spiro atoms. The van der Waals surface area contributed by atoms with Gasteiger partial charge in [0.25, 0.3) is 0 Å². The van der Waals surface area contributed by atoms with Gasteiger partial charge in [0.1, 0.15) is 0 Å². The van der Waals surface area contributed by atoms with Crippen LogP contribution in [0.25, 0.3) is 0 Å². The third-order valence-electron chi connectivity index (χ3n) is 3.31. The van der Waals surface area contributed by atoms with Gasteiger partial charge in [0.05, 0.1) is 0 Å². The Balaban J connectivity index is 2.31. The Morgan fingerprint density at radius 2 is 2.06 bits per heavy atom. The second kappa shape index (κ2) is 8.00. The lowest BCUT2D eigenvalue weighted by Crippen LogP contribution is -2.34. The van der Waals surface area contributed by atoms with Crippen LogP contribution < -0.4 is 5.32 Å². The highest BCUT2D eigenvalue weighted by Crippen LogP contribution is 2.20. The molecule has 1 N–H and O–H groups in total. The summed E-state index contributed by atoms with van der Waals surface area (Å²) in [6.07, 6.45) is 1.18. The summed E-state index contributed by atoms with van der Waals surface area (Å²) in [7, 11) is 2.15. The molecule has 0 aliphatic heterocycles. The lowest BCUT2D eigenvalue weighted by atomic mass is 10.2. The first-order valence-corrected chi connectivity index (χ1v) is 7.15. The van der Waals surface area contributed by atoms with Crippen LogP contribution in [0.1, 0.15) is 25.8 Å². The van der Waals surface area contributed by atoms with E-state index in [9.17, 15) is 0 Å². The van der Waals surface area contributed by atoms with Crippen molar-refractivity contribution >= 4 is 23.2 Å². The van der Waals surface area contributed by atoms with Gasteiger partial charge in [-0.1, -0.05) is 30.1 Å². The van der Waals surface area contributed by atoms with Crippen molar-refractivity contribution < 1.29 is 0 Å². The van der Waals surface area contributed by atoms with E-state index in [0.717, 1.165) is 35.2 Å². The van der Waals surface area contributed by atoms with Crippen molar-refractivity contribution in [2.75, 3.05) is 20.1 Å². The summed E-state index contributed by atoms with van der Waals surface area (Å²) in [5, 5.41) is 4.89. The number of hydrogen-bond acceptors (Lipinski definition) is 2. The quantitative estimate of drug-likeness (QED) is 0.768. The van der Waals surface area contributed by atoms with Gasteiger partial charge < -0.3 is 10.2 Å². The number of likely N-dealkylation sites (N-methyl/N-ethyl adjacent to an activating group) is 1. The third kappa shape index (κ3) is 5.15. The second-order valence-electron chi connectivity index (χ2n) is 4.65. The minimum Gasteiger partial charge on any atom is -0.311 e. The summed E-state index contributed by atoms with van der Waals surface area (Å²) in [5.41, 5.74) is 1.05. The van der Waals surface area contributed by atoms with Crippen LogP contribution in [-0.4, -0.2) is 31.1 Å². The molecule has 1 aromatic rings. The molecule has 0 heterocycles. The van der Waals surface area contributed by atoms with E-state index in [1.165, 1.54) is 6.42 Å². The fourth-order valence-electron chi connectivity index (χ4n) is 1.69. The molecule has 0 aliphatic carbocycles. The first-order valence-electron chi connectivity index (χ1n) is 6.39. The van der Waals surface area contributed by atoms with E-state index in [-0.39, 0.29) is 0 Å². The van der Waals surface area contributed by atoms with Crippen molar-refractivity contribution in [1.82, 2.24) is 10.2 Å². The Morgan fingerprint density at radius 1 is 1.33 bits per heavy atom. The van der Waals surface area contributed by atoms with Crippen LogP contribution in [0.5, 0.6) is 0 Å². The number of rotatable bonds is 7. The average molecular weight is 289 g/mol. The first kappa shape index (κ1) is 15.8. The third-order valence-corrected chi connectivity index (χ3v) is 3.91. The standard InChI is InChI=1S/C14H22Cl2N2/c1-4-11(2)18(3)8-7-17-10-12-9-13(15)5-6-14(12)16/h5-6,9,11,17H,4,7-8,10H2,1-3H3. The predicted molar refractivity (Wildman–Crippen MR) is 80.6 cm³/mol. The van der Waals surface area contributed by atoms with E-state index in [1.807, 2.05) is 18.2 Å². The molecule has 0 bridgehead atoms. The minimum atomic E-state index is 0.626. The number of hydrogen-bond donors (Lipinski definition) is 1. The molecule has 0 amide bonds. The van der Waals surface area contributed by atoms with Crippen molar-refractivity contribution in [3.8, 4) is 0 Å². The average Bonchev–Trinajstić information content (AvgIpc) is 2.37. The van der Waals surface area contributed by atoms with Gasteiger partial charge in [-0.2, -0.15) is 0 Å².